The van der Waals surface area contributed by atoms with Crippen molar-refractivity contribution in [2.24, 2.45) is 4.99 Å². The fourth-order valence-corrected chi connectivity index (χ4v) is 2.49. The number of aromatic hydroxyl groups is 1. The first-order chi connectivity index (χ1) is 12.0. The van der Waals surface area contributed by atoms with Crippen molar-refractivity contribution in [3.63, 3.8) is 0 Å². The second kappa shape index (κ2) is 6.96. The van der Waals surface area contributed by atoms with Gasteiger partial charge in [0.15, 0.2) is 0 Å². The van der Waals surface area contributed by atoms with Gasteiger partial charge >= 0.3 is 5.69 Å². The Kier molecular flexibility index (Phi) is 4.74. The molecule has 0 fully saturated rings. The molecule has 0 spiro atoms. The summed E-state index contributed by atoms with van der Waals surface area (Å²) in [6, 6.07) is 13.0. The lowest BCUT2D eigenvalue weighted by molar-refractivity contribution is 0.430. The summed E-state index contributed by atoms with van der Waals surface area (Å²) in [6.45, 7) is 0. The molecule has 0 radical (unpaired) electrons. The molecule has 3 rings (SSSR count). The van der Waals surface area contributed by atoms with Gasteiger partial charge in [-0.05, 0) is 36.4 Å². The zero-order chi connectivity index (χ0) is 18.0. The van der Waals surface area contributed by atoms with E-state index >= 15 is 0 Å². The standard InChI is InChI=1S/C17H11Cl2N3O3/c18-10-5-7-11(8-6-10)22-16(24)12(15(23)21-17(22)25)9-20-14-4-2-1-3-13(14)19/h1-9,24H,(H,21,23,25). The van der Waals surface area contributed by atoms with Gasteiger partial charge in [0.05, 0.1) is 16.4 Å². The third-order valence-electron chi connectivity index (χ3n) is 3.39. The van der Waals surface area contributed by atoms with Gasteiger partial charge in [-0.1, -0.05) is 35.3 Å². The summed E-state index contributed by atoms with van der Waals surface area (Å²) >= 11 is 11.8. The molecule has 1 aromatic heterocycles. The number of aromatic nitrogens is 2. The molecule has 25 heavy (non-hydrogen) atoms. The SMILES string of the molecule is O=c1[nH]c(=O)n(-c2ccc(Cl)cc2)c(O)c1C=Nc1ccccc1Cl. The van der Waals surface area contributed by atoms with Gasteiger partial charge < -0.3 is 5.11 Å². The van der Waals surface area contributed by atoms with Gasteiger partial charge in [-0.2, -0.15) is 0 Å². The molecule has 0 aliphatic carbocycles. The number of hydrogen-bond acceptors (Lipinski definition) is 4. The smallest absolute Gasteiger partial charge is 0.335 e. The van der Waals surface area contributed by atoms with Crippen LogP contribution in [0.5, 0.6) is 5.88 Å². The Hall–Kier alpha value is -2.83. The second-order valence-corrected chi connectivity index (χ2v) is 5.86. The summed E-state index contributed by atoms with van der Waals surface area (Å²) in [4.78, 5) is 30.4. The number of nitrogens with one attached hydrogen (secondary N) is 1. The molecule has 6 nitrogen and oxygen atoms in total. The number of para-hydroxylation sites is 1. The Morgan fingerprint density at radius 3 is 2.40 bits per heavy atom. The molecule has 0 bridgehead atoms. The molecule has 0 saturated heterocycles. The molecule has 2 N–H and O–H groups in total. The first-order valence-corrected chi connectivity index (χ1v) is 7.86. The Bertz CT molecular complexity index is 1070. The number of benzene rings is 2. The van der Waals surface area contributed by atoms with Crippen LogP contribution in [0.4, 0.5) is 5.69 Å². The van der Waals surface area contributed by atoms with Crippen molar-refractivity contribution in [1.82, 2.24) is 9.55 Å². The van der Waals surface area contributed by atoms with Crippen molar-refractivity contribution >= 4 is 35.1 Å². The molecule has 126 valence electrons. The van der Waals surface area contributed by atoms with Gasteiger partial charge in [-0.3, -0.25) is 14.8 Å². The minimum atomic E-state index is -0.778. The van der Waals surface area contributed by atoms with Gasteiger partial charge in [-0.25, -0.2) is 9.36 Å². The molecule has 1 heterocycles. The quantitative estimate of drug-likeness (QED) is 0.688. The number of H-pyrrole nitrogens is 1. The van der Waals surface area contributed by atoms with Gasteiger partial charge in [0.2, 0.25) is 5.88 Å². The van der Waals surface area contributed by atoms with Crippen molar-refractivity contribution in [3.05, 3.63) is 85.0 Å². The lowest BCUT2D eigenvalue weighted by Crippen LogP contribution is -2.31. The number of aromatic amines is 1. The maximum atomic E-state index is 12.1. The van der Waals surface area contributed by atoms with Crippen LogP contribution in [0, 0.1) is 0 Å². The van der Waals surface area contributed by atoms with E-state index in [4.69, 9.17) is 23.2 Å². The molecule has 0 aliphatic rings. The van der Waals surface area contributed by atoms with Crippen LogP contribution in [0.2, 0.25) is 10.0 Å². The van der Waals surface area contributed by atoms with Crippen molar-refractivity contribution in [2.75, 3.05) is 0 Å². The van der Waals surface area contributed by atoms with Crippen molar-refractivity contribution < 1.29 is 5.11 Å². The molecule has 0 aliphatic heterocycles. The molecule has 2 aromatic carbocycles. The fraction of sp³-hybridized carbons (Fsp3) is 0. The van der Waals surface area contributed by atoms with E-state index < -0.39 is 17.1 Å². The van der Waals surface area contributed by atoms with Crippen LogP contribution in [-0.2, 0) is 0 Å². The van der Waals surface area contributed by atoms with Gasteiger partial charge in [0.1, 0.15) is 5.56 Å². The molecule has 0 atom stereocenters. The Morgan fingerprint density at radius 2 is 1.72 bits per heavy atom. The summed E-state index contributed by atoms with van der Waals surface area (Å²) in [5, 5.41) is 11.3. The highest BCUT2D eigenvalue weighted by atomic mass is 35.5. The van der Waals surface area contributed by atoms with Crippen LogP contribution >= 0.6 is 23.2 Å². The predicted molar refractivity (Wildman–Crippen MR) is 98.0 cm³/mol. The minimum absolute atomic E-state index is 0.172. The average molecular weight is 376 g/mol. The van der Waals surface area contributed by atoms with Crippen LogP contribution < -0.4 is 11.2 Å². The Morgan fingerprint density at radius 1 is 1.04 bits per heavy atom. The zero-order valence-corrected chi connectivity index (χ0v) is 14.1. The van der Waals surface area contributed by atoms with E-state index in [1.807, 2.05) is 0 Å². The third-order valence-corrected chi connectivity index (χ3v) is 3.96. The Balaban J connectivity index is 2.14. The van der Waals surface area contributed by atoms with E-state index in [9.17, 15) is 14.7 Å². The highest BCUT2D eigenvalue weighted by Gasteiger charge is 2.14. The molecule has 3 aromatic rings. The van der Waals surface area contributed by atoms with Crippen LogP contribution in [0.15, 0.2) is 63.1 Å². The summed E-state index contributed by atoms with van der Waals surface area (Å²) in [6.07, 6.45) is 1.15. The first-order valence-electron chi connectivity index (χ1n) is 7.10. The van der Waals surface area contributed by atoms with Crippen LogP contribution in [0.25, 0.3) is 5.69 Å². The van der Waals surface area contributed by atoms with E-state index in [2.05, 4.69) is 9.98 Å². The summed E-state index contributed by atoms with van der Waals surface area (Å²) < 4.78 is 0.950. The molecule has 0 saturated carbocycles. The van der Waals surface area contributed by atoms with E-state index in [1.54, 1.807) is 36.4 Å². The lowest BCUT2D eigenvalue weighted by Gasteiger charge is -2.09. The average Bonchev–Trinajstić information content (AvgIpc) is 2.57. The molecule has 8 heteroatoms. The summed E-state index contributed by atoms with van der Waals surface area (Å²) in [5.74, 6) is -0.535. The molecule has 0 unspecified atom stereocenters. The number of nitrogens with zero attached hydrogens (tertiary/aromatic N) is 2. The van der Waals surface area contributed by atoms with E-state index in [0.717, 1.165) is 10.8 Å². The van der Waals surface area contributed by atoms with E-state index in [-0.39, 0.29) is 5.56 Å². The molecule has 0 amide bonds. The first kappa shape index (κ1) is 17.0. The second-order valence-electron chi connectivity index (χ2n) is 5.02. The highest BCUT2D eigenvalue weighted by molar-refractivity contribution is 6.33. The number of hydrogen-bond donors (Lipinski definition) is 2. The summed E-state index contributed by atoms with van der Waals surface area (Å²) in [5.41, 5.74) is -0.944. The van der Waals surface area contributed by atoms with Crippen LogP contribution in [-0.4, -0.2) is 20.9 Å². The Labute approximate surface area is 151 Å². The van der Waals surface area contributed by atoms with Gasteiger partial charge in [0.25, 0.3) is 5.56 Å². The maximum absolute atomic E-state index is 12.1. The third kappa shape index (κ3) is 3.50. The van der Waals surface area contributed by atoms with Gasteiger partial charge in [0, 0.05) is 11.2 Å². The van der Waals surface area contributed by atoms with Crippen LogP contribution in [0.1, 0.15) is 5.56 Å². The van der Waals surface area contributed by atoms with Crippen molar-refractivity contribution in [1.29, 1.82) is 0 Å². The zero-order valence-electron chi connectivity index (χ0n) is 12.6. The normalized spacial score (nSPS) is 11.1. The minimum Gasteiger partial charge on any atom is -0.493 e. The van der Waals surface area contributed by atoms with E-state index in [0.29, 0.717) is 21.4 Å². The van der Waals surface area contributed by atoms with Gasteiger partial charge in [-0.15, -0.1) is 0 Å². The fourth-order valence-electron chi connectivity index (χ4n) is 2.18. The molecular weight excluding hydrogens is 365 g/mol. The highest BCUT2D eigenvalue weighted by Crippen LogP contribution is 2.24. The van der Waals surface area contributed by atoms with Crippen molar-refractivity contribution in [3.8, 4) is 11.6 Å². The number of aliphatic imine (C=N–C) groups is 1. The van der Waals surface area contributed by atoms with Crippen LogP contribution in [0.3, 0.4) is 0 Å². The van der Waals surface area contributed by atoms with Crippen molar-refractivity contribution in [2.45, 2.75) is 0 Å². The number of halogens is 2. The largest absolute Gasteiger partial charge is 0.493 e. The molecular formula is C17H11Cl2N3O3. The maximum Gasteiger partial charge on any atom is 0.335 e. The predicted octanol–water partition coefficient (Wildman–Crippen LogP) is 3.29. The number of rotatable bonds is 3. The lowest BCUT2D eigenvalue weighted by atomic mass is 10.3. The monoisotopic (exact) mass is 375 g/mol. The topological polar surface area (TPSA) is 87.5 Å². The van der Waals surface area contributed by atoms with E-state index in [1.165, 1.54) is 12.1 Å². The summed E-state index contributed by atoms with van der Waals surface area (Å²) in [7, 11) is 0.